The van der Waals surface area contributed by atoms with E-state index in [1.807, 2.05) is 34.3 Å². The molecule has 6 nitrogen and oxygen atoms in total. The molecule has 0 aliphatic heterocycles. The molecule has 166 valence electrons. The van der Waals surface area contributed by atoms with Crippen LogP contribution in [0.4, 0.5) is 9.52 Å². The normalized spacial score (nSPS) is 13.4. The van der Waals surface area contributed by atoms with E-state index < -0.39 is 0 Å². The first-order chi connectivity index (χ1) is 16.1. The number of thiazole rings is 1. The Labute approximate surface area is 194 Å². The van der Waals surface area contributed by atoms with Crippen molar-refractivity contribution in [2.45, 2.75) is 25.5 Å². The highest BCUT2D eigenvalue weighted by molar-refractivity contribution is 7.14. The number of anilines is 1. The minimum atomic E-state index is -0.344. The van der Waals surface area contributed by atoms with Gasteiger partial charge in [-0.1, -0.05) is 0 Å². The summed E-state index contributed by atoms with van der Waals surface area (Å²) in [4.78, 5) is 21.2. The highest BCUT2D eigenvalue weighted by atomic mass is 32.1. The average Bonchev–Trinajstić information content (AvgIpc) is 3.31. The summed E-state index contributed by atoms with van der Waals surface area (Å²) in [5.74, 6) is -0.0289. The molecule has 1 aromatic carbocycles. The third-order valence-electron chi connectivity index (χ3n) is 5.14. The lowest BCUT2D eigenvalue weighted by Gasteiger charge is -2.08. The number of carbonyl (C=O) groups excluding carboxylic acids is 1. The van der Waals surface area contributed by atoms with Crippen molar-refractivity contribution in [3.63, 3.8) is 0 Å². The Bertz CT molecular complexity index is 1290. The predicted molar refractivity (Wildman–Crippen MR) is 127 cm³/mol. The zero-order valence-electron chi connectivity index (χ0n) is 17.6. The fourth-order valence-corrected chi connectivity index (χ4v) is 3.97. The van der Waals surface area contributed by atoms with Crippen molar-refractivity contribution in [3.8, 4) is 5.75 Å². The van der Waals surface area contributed by atoms with Gasteiger partial charge in [-0.25, -0.2) is 9.37 Å². The smallest absolute Gasteiger partial charge is 0.274 e. The lowest BCUT2D eigenvalue weighted by molar-refractivity contribution is 0.101. The van der Waals surface area contributed by atoms with Gasteiger partial charge in [-0.2, -0.15) is 0 Å². The van der Waals surface area contributed by atoms with E-state index in [1.54, 1.807) is 42.7 Å². The molecule has 0 spiro atoms. The minimum absolute atomic E-state index is 0.230. The van der Waals surface area contributed by atoms with Gasteiger partial charge in [0.05, 0.1) is 11.8 Å². The summed E-state index contributed by atoms with van der Waals surface area (Å²) < 4.78 is 21.8. The van der Waals surface area contributed by atoms with Crippen molar-refractivity contribution in [3.05, 3.63) is 94.8 Å². The first-order valence-corrected chi connectivity index (χ1v) is 11.5. The van der Waals surface area contributed by atoms with Crippen molar-refractivity contribution < 1.29 is 13.9 Å². The largest absolute Gasteiger partial charge is 0.490 e. The lowest BCUT2D eigenvalue weighted by Crippen LogP contribution is -2.17. The van der Waals surface area contributed by atoms with Crippen LogP contribution in [-0.4, -0.2) is 26.5 Å². The van der Waals surface area contributed by atoms with E-state index in [0.29, 0.717) is 34.4 Å². The molecule has 4 aromatic rings. The molecule has 1 aliphatic rings. The highest BCUT2D eigenvalue weighted by Gasteiger charge is 2.23. The van der Waals surface area contributed by atoms with Gasteiger partial charge in [0, 0.05) is 42.1 Å². The molecule has 0 saturated heterocycles. The number of carbonyl (C=O) groups is 1. The van der Waals surface area contributed by atoms with Gasteiger partial charge in [0.25, 0.3) is 5.91 Å². The standard InChI is InChI=1S/C25H21FN4O2S/c26-22-14-21(32-20-7-8-20)6-4-18(22)3-5-19-16-33-25(28-19)29-24(31)23-2-1-13-30(23)15-17-9-11-27-12-10-17/h1-6,9-14,16,20H,7-8,15H2,(H,28,29,31)/b5-3+. The topological polar surface area (TPSA) is 69.0 Å². The number of halogens is 1. The third kappa shape index (κ3) is 5.35. The van der Waals surface area contributed by atoms with Crippen LogP contribution in [0.15, 0.2) is 66.4 Å². The molecule has 1 saturated carbocycles. The van der Waals surface area contributed by atoms with Gasteiger partial charge in [0.15, 0.2) is 5.13 Å². The van der Waals surface area contributed by atoms with Gasteiger partial charge < -0.3 is 9.30 Å². The van der Waals surface area contributed by atoms with Crippen LogP contribution in [0, 0.1) is 5.82 Å². The van der Waals surface area contributed by atoms with E-state index in [9.17, 15) is 9.18 Å². The Morgan fingerprint density at radius 2 is 2.06 bits per heavy atom. The van der Waals surface area contributed by atoms with Gasteiger partial charge in [-0.3, -0.25) is 15.1 Å². The summed E-state index contributed by atoms with van der Waals surface area (Å²) >= 11 is 1.31. The molecule has 0 bridgehead atoms. The van der Waals surface area contributed by atoms with Crippen LogP contribution in [-0.2, 0) is 6.54 Å². The van der Waals surface area contributed by atoms with Crippen LogP contribution in [0.5, 0.6) is 5.75 Å². The molecule has 0 unspecified atom stereocenters. The van der Waals surface area contributed by atoms with Gasteiger partial charge in [0.1, 0.15) is 17.3 Å². The second-order valence-electron chi connectivity index (χ2n) is 7.74. The van der Waals surface area contributed by atoms with E-state index in [-0.39, 0.29) is 17.8 Å². The molecule has 0 radical (unpaired) electrons. The Morgan fingerprint density at radius 1 is 1.21 bits per heavy atom. The molecule has 1 N–H and O–H groups in total. The zero-order valence-corrected chi connectivity index (χ0v) is 18.5. The van der Waals surface area contributed by atoms with E-state index in [4.69, 9.17) is 4.74 Å². The highest BCUT2D eigenvalue weighted by Crippen LogP contribution is 2.28. The Morgan fingerprint density at radius 3 is 2.85 bits per heavy atom. The quantitative estimate of drug-likeness (QED) is 0.377. The number of nitrogens with one attached hydrogen (secondary N) is 1. The SMILES string of the molecule is O=C(Nc1nc(/C=C/c2ccc(OC3CC3)cc2F)cs1)c1cccn1Cc1ccncc1. The van der Waals surface area contributed by atoms with E-state index in [2.05, 4.69) is 15.3 Å². The van der Waals surface area contributed by atoms with Crippen LogP contribution in [0.25, 0.3) is 12.2 Å². The number of ether oxygens (including phenoxy) is 1. The number of nitrogens with zero attached hydrogens (tertiary/aromatic N) is 3. The van der Waals surface area contributed by atoms with Crippen LogP contribution in [0.3, 0.4) is 0 Å². The predicted octanol–water partition coefficient (Wildman–Crippen LogP) is 5.49. The number of aromatic nitrogens is 3. The number of pyridine rings is 1. The minimum Gasteiger partial charge on any atom is -0.490 e. The summed E-state index contributed by atoms with van der Waals surface area (Å²) in [7, 11) is 0. The molecule has 1 amide bonds. The molecule has 0 atom stereocenters. The molecular weight excluding hydrogens is 439 g/mol. The summed E-state index contributed by atoms with van der Waals surface area (Å²) in [5, 5.41) is 5.13. The summed E-state index contributed by atoms with van der Waals surface area (Å²) in [5.41, 5.74) is 2.68. The zero-order chi connectivity index (χ0) is 22.6. The van der Waals surface area contributed by atoms with E-state index >= 15 is 0 Å². The molecular formula is C25H21FN4O2S. The summed E-state index contributed by atoms with van der Waals surface area (Å²) in [6.45, 7) is 0.570. The average molecular weight is 461 g/mol. The van der Waals surface area contributed by atoms with Crippen LogP contribution in [0.2, 0.25) is 0 Å². The molecule has 5 rings (SSSR count). The number of hydrogen-bond donors (Lipinski definition) is 1. The number of benzene rings is 1. The fraction of sp³-hybridized carbons (Fsp3) is 0.160. The molecule has 3 aromatic heterocycles. The van der Waals surface area contributed by atoms with Crippen molar-refractivity contribution in [1.29, 1.82) is 0 Å². The second kappa shape index (κ2) is 9.38. The van der Waals surface area contributed by atoms with Gasteiger partial charge in [-0.15, -0.1) is 11.3 Å². The number of amides is 1. The van der Waals surface area contributed by atoms with Crippen molar-refractivity contribution >= 4 is 34.5 Å². The van der Waals surface area contributed by atoms with Crippen LogP contribution in [0.1, 0.15) is 40.2 Å². The maximum Gasteiger partial charge on any atom is 0.274 e. The third-order valence-corrected chi connectivity index (χ3v) is 5.92. The number of rotatable bonds is 8. The monoisotopic (exact) mass is 460 g/mol. The molecule has 33 heavy (non-hydrogen) atoms. The summed E-state index contributed by atoms with van der Waals surface area (Å²) in [6, 6.07) is 12.3. The van der Waals surface area contributed by atoms with Crippen molar-refractivity contribution in [2.24, 2.45) is 0 Å². The fourth-order valence-electron chi connectivity index (χ4n) is 3.29. The maximum atomic E-state index is 14.3. The van der Waals surface area contributed by atoms with Gasteiger partial charge >= 0.3 is 0 Å². The van der Waals surface area contributed by atoms with Crippen LogP contribution >= 0.6 is 11.3 Å². The first kappa shape index (κ1) is 21.1. The molecule has 3 heterocycles. The Kier molecular flexibility index (Phi) is 5.99. The van der Waals surface area contributed by atoms with Crippen molar-refractivity contribution in [1.82, 2.24) is 14.5 Å². The van der Waals surface area contributed by atoms with E-state index in [1.165, 1.54) is 17.4 Å². The van der Waals surface area contributed by atoms with Gasteiger partial charge in [0.2, 0.25) is 0 Å². The molecule has 1 fully saturated rings. The van der Waals surface area contributed by atoms with Crippen molar-refractivity contribution in [2.75, 3.05) is 5.32 Å². The molecule has 8 heteroatoms. The van der Waals surface area contributed by atoms with Crippen LogP contribution < -0.4 is 10.1 Å². The molecule has 1 aliphatic carbocycles. The van der Waals surface area contributed by atoms with Gasteiger partial charge in [-0.05, 0) is 67.0 Å². The Balaban J connectivity index is 1.22. The number of hydrogen-bond acceptors (Lipinski definition) is 5. The summed E-state index contributed by atoms with van der Waals surface area (Å²) in [6.07, 6.45) is 11.0. The second-order valence-corrected chi connectivity index (χ2v) is 8.60. The van der Waals surface area contributed by atoms with E-state index in [0.717, 1.165) is 18.4 Å². The Hall–Kier alpha value is -3.78. The lowest BCUT2D eigenvalue weighted by atomic mass is 10.2. The first-order valence-electron chi connectivity index (χ1n) is 10.6. The maximum absolute atomic E-state index is 14.3.